The summed E-state index contributed by atoms with van der Waals surface area (Å²) in [6.07, 6.45) is -3.05. The van der Waals surface area contributed by atoms with Crippen molar-refractivity contribution >= 4 is 0 Å². The van der Waals surface area contributed by atoms with E-state index in [2.05, 4.69) is 5.32 Å². The summed E-state index contributed by atoms with van der Waals surface area (Å²) in [6, 6.07) is -0.0819. The highest BCUT2D eigenvalue weighted by molar-refractivity contribution is 4.88. The molecule has 0 rings (SSSR count). The van der Waals surface area contributed by atoms with E-state index in [9.17, 15) is 18.3 Å². The normalized spacial score (nSPS) is 17.6. The van der Waals surface area contributed by atoms with Crippen molar-refractivity contribution in [1.29, 1.82) is 0 Å². The average molecular weight is 298 g/mol. The van der Waals surface area contributed by atoms with Crippen molar-refractivity contribution in [2.45, 2.75) is 71.3 Å². The Balaban J connectivity index is 4.75. The van der Waals surface area contributed by atoms with E-state index in [4.69, 9.17) is 0 Å². The minimum Gasteiger partial charge on any atom is -0.394 e. The molecule has 0 radical (unpaired) electrons. The van der Waals surface area contributed by atoms with E-state index in [0.717, 1.165) is 0 Å². The molecule has 2 N–H and O–H groups in total. The van der Waals surface area contributed by atoms with Crippen LogP contribution in [0.1, 0.15) is 47.5 Å². The first kappa shape index (κ1) is 19.7. The third kappa shape index (κ3) is 8.07. The van der Waals surface area contributed by atoms with Crippen molar-refractivity contribution < 1.29 is 18.3 Å². The Morgan fingerprint density at radius 1 is 1.20 bits per heavy atom. The molecule has 0 bridgehead atoms. The van der Waals surface area contributed by atoms with Crippen LogP contribution in [-0.4, -0.2) is 53.5 Å². The molecule has 20 heavy (non-hydrogen) atoms. The maximum Gasteiger partial charge on any atom is 0.401 e. The van der Waals surface area contributed by atoms with Gasteiger partial charge in [-0.25, -0.2) is 0 Å². The van der Waals surface area contributed by atoms with Crippen LogP contribution in [0.5, 0.6) is 0 Å². The van der Waals surface area contributed by atoms with Gasteiger partial charge in [-0.05, 0) is 33.2 Å². The van der Waals surface area contributed by atoms with Crippen molar-refractivity contribution in [2.24, 2.45) is 0 Å². The standard InChI is InChI=1S/C14H29F3N2O/c1-6-7-19(9-14(15,16)17)12(4)8-13(5,10-20)18-11(2)3/h11-12,18,20H,6-10H2,1-5H3. The Kier molecular flexibility index (Phi) is 8.06. The van der Waals surface area contributed by atoms with Gasteiger partial charge in [0.1, 0.15) is 0 Å². The van der Waals surface area contributed by atoms with Gasteiger partial charge < -0.3 is 10.4 Å². The highest BCUT2D eigenvalue weighted by Gasteiger charge is 2.35. The predicted octanol–water partition coefficient (Wildman–Crippen LogP) is 2.79. The van der Waals surface area contributed by atoms with Crippen molar-refractivity contribution in [1.82, 2.24) is 10.2 Å². The molecule has 0 saturated carbocycles. The van der Waals surface area contributed by atoms with Crippen LogP contribution in [0, 0.1) is 0 Å². The SMILES string of the molecule is CCCN(CC(F)(F)F)C(C)CC(C)(CO)NC(C)C. The summed E-state index contributed by atoms with van der Waals surface area (Å²) < 4.78 is 37.8. The van der Waals surface area contributed by atoms with E-state index in [1.165, 1.54) is 4.90 Å². The van der Waals surface area contributed by atoms with Gasteiger partial charge in [-0.1, -0.05) is 20.8 Å². The lowest BCUT2D eigenvalue weighted by Crippen LogP contribution is -2.53. The zero-order valence-corrected chi connectivity index (χ0v) is 13.2. The van der Waals surface area contributed by atoms with Gasteiger partial charge in [0, 0.05) is 17.6 Å². The number of rotatable bonds is 9. The molecule has 2 unspecified atom stereocenters. The van der Waals surface area contributed by atoms with Gasteiger partial charge in [0.2, 0.25) is 0 Å². The second kappa shape index (κ2) is 8.20. The molecular formula is C14H29F3N2O. The van der Waals surface area contributed by atoms with E-state index in [0.29, 0.717) is 19.4 Å². The number of alkyl halides is 3. The van der Waals surface area contributed by atoms with Gasteiger partial charge >= 0.3 is 6.18 Å². The van der Waals surface area contributed by atoms with E-state index >= 15 is 0 Å². The molecule has 0 aromatic rings. The number of nitrogens with zero attached hydrogens (tertiary/aromatic N) is 1. The number of hydrogen-bond donors (Lipinski definition) is 2. The number of halogens is 3. The third-order valence-corrected chi connectivity index (χ3v) is 3.25. The molecule has 0 aliphatic carbocycles. The van der Waals surface area contributed by atoms with Crippen LogP contribution in [0.2, 0.25) is 0 Å². The Morgan fingerprint density at radius 3 is 2.10 bits per heavy atom. The molecule has 0 aliphatic rings. The maximum absolute atomic E-state index is 12.6. The summed E-state index contributed by atoms with van der Waals surface area (Å²) in [5.74, 6) is 0. The van der Waals surface area contributed by atoms with Gasteiger partial charge in [0.15, 0.2) is 0 Å². The van der Waals surface area contributed by atoms with Crippen LogP contribution in [-0.2, 0) is 0 Å². The lowest BCUT2D eigenvalue weighted by molar-refractivity contribution is -0.151. The fourth-order valence-electron chi connectivity index (χ4n) is 2.62. The summed E-state index contributed by atoms with van der Waals surface area (Å²) in [5, 5.41) is 12.8. The van der Waals surface area contributed by atoms with Crippen molar-refractivity contribution in [3.8, 4) is 0 Å². The first-order chi connectivity index (χ1) is 9.03. The Bertz CT molecular complexity index is 272. The summed E-state index contributed by atoms with van der Waals surface area (Å²) >= 11 is 0. The second-order valence-corrected chi connectivity index (χ2v) is 6.16. The van der Waals surface area contributed by atoms with Gasteiger partial charge in [0.05, 0.1) is 13.2 Å². The summed E-state index contributed by atoms with van der Waals surface area (Å²) in [7, 11) is 0. The fourth-order valence-corrected chi connectivity index (χ4v) is 2.62. The zero-order chi connectivity index (χ0) is 16.0. The van der Waals surface area contributed by atoms with Crippen LogP contribution in [0.3, 0.4) is 0 Å². The lowest BCUT2D eigenvalue weighted by atomic mass is 9.92. The van der Waals surface area contributed by atoms with Crippen LogP contribution in [0.25, 0.3) is 0 Å². The third-order valence-electron chi connectivity index (χ3n) is 3.25. The molecule has 0 fully saturated rings. The highest BCUT2D eigenvalue weighted by atomic mass is 19.4. The zero-order valence-electron chi connectivity index (χ0n) is 13.2. The minimum absolute atomic E-state index is 0.0957. The second-order valence-electron chi connectivity index (χ2n) is 6.16. The molecular weight excluding hydrogens is 269 g/mol. The molecule has 2 atom stereocenters. The molecule has 0 amide bonds. The smallest absolute Gasteiger partial charge is 0.394 e. The summed E-state index contributed by atoms with van der Waals surface area (Å²) in [4.78, 5) is 1.44. The molecule has 0 aromatic carbocycles. The largest absolute Gasteiger partial charge is 0.401 e. The minimum atomic E-state index is -4.19. The molecule has 0 saturated heterocycles. The van der Waals surface area contributed by atoms with Gasteiger partial charge in [-0.2, -0.15) is 13.2 Å². The van der Waals surface area contributed by atoms with E-state index < -0.39 is 18.3 Å². The van der Waals surface area contributed by atoms with E-state index in [1.54, 1.807) is 6.92 Å². The van der Waals surface area contributed by atoms with Gasteiger partial charge in [-0.3, -0.25) is 4.90 Å². The summed E-state index contributed by atoms with van der Waals surface area (Å²) in [5.41, 5.74) is -0.564. The lowest BCUT2D eigenvalue weighted by Gasteiger charge is -2.38. The maximum atomic E-state index is 12.6. The van der Waals surface area contributed by atoms with Crippen LogP contribution >= 0.6 is 0 Å². The fraction of sp³-hybridized carbons (Fsp3) is 1.00. The number of aliphatic hydroxyl groups excluding tert-OH is 1. The van der Waals surface area contributed by atoms with Crippen LogP contribution in [0.15, 0.2) is 0 Å². The van der Waals surface area contributed by atoms with Crippen molar-refractivity contribution in [2.75, 3.05) is 19.7 Å². The summed E-state index contributed by atoms with van der Waals surface area (Å²) in [6.45, 7) is 8.83. The van der Waals surface area contributed by atoms with E-state index in [-0.39, 0.29) is 18.7 Å². The number of aliphatic hydroxyl groups is 1. The molecule has 6 heteroatoms. The van der Waals surface area contributed by atoms with Crippen LogP contribution in [0.4, 0.5) is 13.2 Å². The van der Waals surface area contributed by atoms with Crippen LogP contribution < -0.4 is 5.32 Å². The van der Waals surface area contributed by atoms with Gasteiger partial charge in [-0.15, -0.1) is 0 Å². The van der Waals surface area contributed by atoms with E-state index in [1.807, 2.05) is 27.7 Å². The molecule has 3 nitrogen and oxygen atoms in total. The Hall–Kier alpha value is -0.330. The first-order valence-corrected chi connectivity index (χ1v) is 7.22. The van der Waals surface area contributed by atoms with Crippen molar-refractivity contribution in [3.63, 3.8) is 0 Å². The quantitative estimate of drug-likeness (QED) is 0.687. The average Bonchev–Trinajstić information content (AvgIpc) is 2.25. The Morgan fingerprint density at radius 2 is 1.75 bits per heavy atom. The topological polar surface area (TPSA) is 35.5 Å². The highest BCUT2D eigenvalue weighted by Crippen LogP contribution is 2.22. The molecule has 0 heterocycles. The molecule has 0 spiro atoms. The molecule has 122 valence electrons. The van der Waals surface area contributed by atoms with Gasteiger partial charge in [0.25, 0.3) is 0 Å². The first-order valence-electron chi connectivity index (χ1n) is 7.22. The van der Waals surface area contributed by atoms with Crippen molar-refractivity contribution in [3.05, 3.63) is 0 Å². The monoisotopic (exact) mass is 298 g/mol. The predicted molar refractivity (Wildman–Crippen MR) is 75.8 cm³/mol. The number of nitrogens with one attached hydrogen (secondary N) is 1. The number of hydrogen-bond acceptors (Lipinski definition) is 3. The Labute approximate surface area is 120 Å². The molecule has 0 aliphatic heterocycles. The molecule has 0 aromatic heterocycles.